The summed E-state index contributed by atoms with van der Waals surface area (Å²) >= 11 is 0. The first-order valence-corrected chi connectivity index (χ1v) is 9.72. The second-order valence-corrected chi connectivity index (χ2v) is 8.10. The van der Waals surface area contributed by atoms with Crippen LogP contribution < -0.4 is 0 Å². The molecule has 29 heavy (non-hydrogen) atoms. The van der Waals surface area contributed by atoms with E-state index in [4.69, 9.17) is 4.74 Å². The van der Waals surface area contributed by atoms with Crippen LogP contribution in [-0.2, 0) is 17.5 Å². The van der Waals surface area contributed by atoms with Gasteiger partial charge in [0.25, 0.3) is 0 Å². The molecule has 5 nitrogen and oxygen atoms in total. The Balaban J connectivity index is 1.31. The lowest BCUT2D eigenvalue weighted by Gasteiger charge is -2.52. The van der Waals surface area contributed by atoms with Crippen molar-refractivity contribution in [2.75, 3.05) is 26.3 Å². The van der Waals surface area contributed by atoms with Gasteiger partial charge in [0, 0.05) is 56.0 Å². The number of hydrogen-bond donors (Lipinski definition) is 0. The molecule has 2 fully saturated rings. The molecule has 3 aromatic rings. The molecule has 0 saturated carbocycles. The average Bonchev–Trinajstić information content (AvgIpc) is 3.10. The molecule has 5 heterocycles. The van der Waals surface area contributed by atoms with Crippen LogP contribution in [0.15, 0.2) is 42.9 Å². The van der Waals surface area contributed by atoms with Gasteiger partial charge in [-0.3, -0.25) is 9.47 Å². The standard InChI is InChI=1S/C21H21F3N4O/c22-21(23,24)18-2-1-17(11-25-18)28-6-3-16-9-15(10-26-19(16)28)12-27-13-20(14-27)4-7-29-8-5-20/h1-3,6,9-11H,4-5,7-8,12-14H2. The number of ether oxygens (including phenoxy) is 1. The van der Waals surface area contributed by atoms with Crippen molar-refractivity contribution in [3.8, 4) is 5.69 Å². The fraction of sp³-hybridized carbons (Fsp3) is 0.429. The summed E-state index contributed by atoms with van der Waals surface area (Å²) in [6.07, 6.45) is 2.74. The maximum Gasteiger partial charge on any atom is 0.433 e. The number of rotatable bonds is 3. The van der Waals surface area contributed by atoms with Gasteiger partial charge in [0.2, 0.25) is 0 Å². The highest BCUT2D eigenvalue weighted by Gasteiger charge is 2.43. The molecule has 0 atom stereocenters. The molecule has 2 aliphatic heterocycles. The lowest BCUT2D eigenvalue weighted by Crippen LogP contribution is -2.57. The molecule has 2 saturated heterocycles. The van der Waals surface area contributed by atoms with Crippen molar-refractivity contribution in [3.05, 3.63) is 54.1 Å². The zero-order chi connectivity index (χ0) is 20.1. The molecule has 1 spiro atoms. The first kappa shape index (κ1) is 18.6. The molecule has 0 aromatic carbocycles. The van der Waals surface area contributed by atoms with E-state index in [0.29, 0.717) is 16.7 Å². The van der Waals surface area contributed by atoms with Crippen molar-refractivity contribution in [1.82, 2.24) is 19.4 Å². The van der Waals surface area contributed by atoms with Crippen LogP contribution in [0.1, 0.15) is 24.1 Å². The van der Waals surface area contributed by atoms with E-state index in [2.05, 4.69) is 20.9 Å². The topological polar surface area (TPSA) is 43.2 Å². The van der Waals surface area contributed by atoms with Crippen LogP contribution in [-0.4, -0.2) is 45.7 Å². The lowest BCUT2D eigenvalue weighted by molar-refractivity contribution is -0.141. The van der Waals surface area contributed by atoms with Crippen LogP contribution in [0.3, 0.4) is 0 Å². The third-order valence-electron chi connectivity index (χ3n) is 5.98. The Morgan fingerprint density at radius 1 is 1.03 bits per heavy atom. The Kier molecular flexibility index (Phi) is 4.36. The van der Waals surface area contributed by atoms with E-state index in [9.17, 15) is 13.2 Å². The van der Waals surface area contributed by atoms with Crippen LogP contribution in [0, 0.1) is 5.41 Å². The van der Waals surface area contributed by atoms with Gasteiger partial charge in [-0.15, -0.1) is 0 Å². The molecule has 0 N–H and O–H groups in total. The first-order chi connectivity index (χ1) is 13.9. The van der Waals surface area contributed by atoms with Gasteiger partial charge in [-0.05, 0) is 42.7 Å². The number of fused-ring (bicyclic) bond motifs is 1. The molecule has 2 aliphatic rings. The molecule has 0 bridgehead atoms. The van der Waals surface area contributed by atoms with Crippen LogP contribution in [0.5, 0.6) is 0 Å². The zero-order valence-electron chi connectivity index (χ0n) is 15.8. The summed E-state index contributed by atoms with van der Waals surface area (Å²) in [5.74, 6) is 0. The van der Waals surface area contributed by atoms with E-state index in [1.54, 1.807) is 4.57 Å². The molecule has 3 aromatic heterocycles. The number of pyridine rings is 2. The molecular weight excluding hydrogens is 381 g/mol. The van der Waals surface area contributed by atoms with Crippen molar-refractivity contribution < 1.29 is 17.9 Å². The molecule has 0 radical (unpaired) electrons. The Labute approximate surface area is 166 Å². The van der Waals surface area contributed by atoms with E-state index in [1.807, 2.05) is 18.5 Å². The third kappa shape index (κ3) is 3.51. The Morgan fingerprint density at radius 3 is 2.52 bits per heavy atom. The maximum atomic E-state index is 12.7. The fourth-order valence-corrected chi connectivity index (χ4v) is 4.45. The summed E-state index contributed by atoms with van der Waals surface area (Å²) in [5.41, 5.74) is 1.94. The number of alkyl halides is 3. The highest BCUT2D eigenvalue weighted by Crippen LogP contribution is 2.40. The molecule has 5 rings (SSSR count). The van der Waals surface area contributed by atoms with Crippen LogP contribution in [0.25, 0.3) is 16.7 Å². The summed E-state index contributed by atoms with van der Waals surface area (Å²) in [7, 11) is 0. The van der Waals surface area contributed by atoms with Gasteiger partial charge in [-0.2, -0.15) is 13.2 Å². The minimum Gasteiger partial charge on any atom is -0.381 e. The molecule has 152 valence electrons. The van der Waals surface area contributed by atoms with Gasteiger partial charge in [0.1, 0.15) is 11.3 Å². The van der Waals surface area contributed by atoms with Gasteiger partial charge in [-0.25, -0.2) is 9.97 Å². The van der Waals surface area contributed by atoms with E-state index < -0.39 is 11.9 Å². The van der Waals surface area contributed by atoms with Gasteiger partial charge < -0.3 is 4.74 Å². The van der Waals surface area contributed by atoms with Crippen molar-refractivity contribution in [2.45, 2.75) is 25.6 Å². The van der Waals surface area contributed by atoms with E-state index in [0.717, 1.165) is 62.7 Å². The van der Waals surface area contributed by atoms with Crippen LogP contribution in [0.2, 0.25) is 0 Å². The molecule has 0 unspecified atom stereocenters. The fourth-order valence-electron chi connectivity index (χ4n) is 4.45. The first-order valence-electron chi connectivity index (χ1n) is 9.72. The highest BCUT2D eigenvalue weighted by molar-refractivity contribution is 5.78. The molecule has 8 heteroatoms. The minimum atomic E-state index is -4.44. The maximum absolute atomic E-state index is 12.7. The average molecular weight is 402 g/mol. The largest absolute Gasteiger partial charge is 0.433 e. The number of aromatic nitrogens is 3. The monoisotopic (exact) mass is 402 g/mol. The van der Waals surface area contributed by atoms with Gasteiger partial charge in [0.05, 0.1) is 11.9 Å². The summed E-state index contributed by atoms with van der Waals surface area (Å²) in [5, 5.41) is 0.962. The van der Waals surface area contributed by atoms with Crippen LogP contribution in [0.4, 0.5) is 13.2 Å². The molecule has 0 amide bonds. The van der Waals surface area contributed by atoms with Crippen molar-refractivity contribution in [1.29, 1.82) is 0 Å². The predicted molar refractivity (Wildman–Crippen MR) is 102 cm³/mol. The second kappa shape index (κ2) is 6.81. The number of halogens is 3. The number of likely N-dealkylation sites (tertiary alicyclic amines) is 1. The zero-order valence-corrected chi connectivity index (χ0v) is 15.8. The Hall–Kier alpha value is -2.45. The van der Waals surface area contributed by atoms with Crippen LogP contribution >= 0.6 is 0 Å². The summed E-state index contributed by atoms with van der Waals surface area (Å²) in [4.78, 5) is 10.5. The lowest BCUT2D eigenvalue weighted by atomic mass is 9.73. The normalized spacial score (nSPS) is 19.6. The SMILES string of the molecule is FC(F)(F)c1ccc(-n2ccc3cc(CN4CC5(CCOCC5)C4)cnc32)cn1. The predicted octanol–water partition coefficient (Wildman–Crippen LogP) is 4.05. The number of hydrogen-bond acceptors (Lipinski definition) is 4. The Morgan fingerprint density at radius 2 is 1.83 bits per heavy atom. The van der Waals surface area contributed by atoms with Gasteiger partial charge >= 0.3 is 6.18 Å². The smallest absolute Gasteiger partial charge is 0.381 e. The van der Waals surface area contributed by atoms with E-state index in [-0.39, 0.29) is 0 Å². The van der Waals surface area contributed by atoms with Gasteiger partial charge in [-0.1, -0.05) is 0 Å². The molecule has 0 aliphatic carbocycles. The second-order valence-electron chi connectivity index (χ2n) is 8.10. The highest BCUT2D eigenvalue weighted by atomic mass is 19.4. The van der Waals surface area contributed by atoms with Crippen molar-refractivity contribution >= 4 is 11.0 Å². The Bertz CT molecular complexity index is 1010. The quantitative estimate of drug-likeness (QED) is 0.663. The minimum absolute atomic E-state index is 0.439. The van der Waals surface area contributed by atoms with Gasteiger partial charge in [0.15, 0.2) is 0 Å². The van der Waals surface area contributed by atoms with E-state index >= 15 is 0 Å². The van der Waals surface area contributed by atoms with Crippen molar-refractivity contribution in [3.63, 3.8) is 0 Å². The van der Waals surface area contributed by atoms with Crippen molar-refractivity contribution in [2.24, 2.45) is 5.41 Å². The third-order valence-corrected chi connectivity index (χ3v) is 5.98. The molecular formula is C21H21F3N4O. The summed E-state index contributed by atoms with van der Waals surface area (Å²) in [6, 6.07) is 6.44. The number of nitrogens with zero attached hydrogens (tertiary/aromatic N) is 4. The summed E-state index contributed by atoms with van der Waals surface area (Å²) in [6.45, 7) is 4.80. The van der Waals surface area contributed by atoms with E-state index in [1.165, 1.54) is 12.3 Å². The summed E-state index contributed by atoms with van der Waals surface area (Å²) < 4.78 is 45.4.